The van der Waals surface area contributed by atoms with E-state index in [9.17, 15) is 9.59 Å². The summed E-state index contributed by atoms with van der Waals surface area (Å²) in [6.07, 6.45) is 0. The highest BCUT2D eigenvalue weighted by atomic mass is 32.1. The lowest BCUT2D eigenvalue weighted by Gasteiger charge is -2.31. The van der Waals surface area contributed by atoms with Gasteiger partial charge in [0.2, 0.25) is 5.91 Å². The van der Waals surface area contributed by atoms with E-state index in [1.807, 2.05) is 66.9 Å². The molecule has 1 aromatic carbocycles. The molecule has 3 heterocycles. The van der Waals surface area contributed by atoms with Gasteiger partial charge in [0.1, 0.15) is 18.1 Å². The molecule has 0 N–H and O–H groups in total. The normalized spacial score (nSPS) is 14.1. The number of nitrogens with zero attached hydrogens (tertiary/aromatic N) is 3. The molecule has 1 saturated heterocycles. The molecule has 0 bridgehead atoms. The van der Waals surface area contributed by atoms with Crippen LogP contribution in [-0.2, 0) is 22.6 Å². The van der Waals surface area contributed by atoms with Gasteiger partial charge >= 0.3 is 0 Å². The van der Waals surface area contributed by atoms with Gasteiger partial charge in [-0.15, -0.1) is 11.3 Å². The van der Waals surface area contributed by atoms with E-state index in [4.69, 9.17) is 9.15 Å². The van der Waals surface area contributed by atoms with Gasteiger partial charge in [-0.05, 0) is 36.1 Å². The number of carbonyl (C=O) groups is 2. The molecule has 3 aromatic rings. The summed E-state index contributed by atoms with van der Waals surface area (Å²) in [7, 11) is 0. The van der Waals surface area contributed by atoms with Gasteiger partial charge < -0.3 is 19.0 Å². The summed E-state index contributed by atoms with van der Waals surface area (Å²) in [5.41, 5.74) is 1.03. The summed E-state index contributed by atoms with van der Waals surface area (Å²) in [4.78, 5) is 33.2. The number of aryl methyl sites for hydroxylation is 1. The second kappa shape index (κ2) is 12.0. The Morgan fingerprint density at radius 1 is 0.971 bits per heavy atom. The van der Waals surface area contributed by atoms with Crippen LogP contribution >= 0.6 is 11.3 Å². The highest BCUT2D eigenvalue weighted by Crippen LogP contribution is 2.16. The van der Waals surface area contributed by atoms with Crippen LogP contribution in [0.25, 0.3) is 0 Å². The van der Waals surface area contributed by atoms with Gasteiger partial charge in [-0.3, -0.25) is 14.5 Å². The number of carbonyl (C=O) groups excluding carboxylic acids is 2. The second-order valence-corrected chi connectivity index (χ2v) is 9.35. The summed E-state index contributed by atoms with van der Waals surface area (Å²) in [6.45, 7) is 6.99. The van der Waals surface area contributed by atoms with Crippen molar-refractivity contribution in [3.05, 3.63) is 81.9 Å². The molecule has 0 atom stereocenters. The van der Waals surface area contributed by atoms with Gasteiger partial charge in [0.15, 0.2) is 0 Å². The van der Waals surface area contributed by atoms with E-state index in [1.54, 1.807) is 9.80 Å². The third-order valence-electron chi connectivity index (χ3n) is 5.85. The van der Waals surface area contributed by atoms with Crippen LogP contribution in [0.15, 0.2) is 64.4 Å². The largest absolute Gasteiger partial charge is 0.464 e. The van der Waals surface area contributed by atoms with Crippen LogP contribution < -0.4 is 0 Å². The predicted octanol–water partition coefficient (Wildman–Crippen LogP) is 3.65. The van der Waals surface area contributed by atoms with Gasteiger partial charge in [0, 0.05) is 32.7 Å². The minimum absolute atomic E-state index is 0.0214. The lowest BCUT2D eigenvalue weighted by molar-refractivity contribution is -0.133. The van der Waals surface area contributed by atoms with Crippen LogP contribution in [0.5, 0.6) is 0 Å². The Kier molecular flexibility index (Phi) is 8.51. The van der Waals surface area contributed by atoms with Gasteiger partial charge in [-0.25, -0.2) is 0 Å². The van der Waals surface area contributed by atoms with E-state index < -0.39 is 0 Å². The molecule has 4 rings (SSSR count). The van der Waals surface area contributed by atoms with Crippen LogP contribution in [0.2, 0.25) is 0 Å². The molecule has 0 radical (unpaired) electrons. The van der Waals surface area contributed by atoms with E-state index in [1.165, 1.54) is 11.3 Å². The van der Waals surface area contributed by atoms with E-state index in [0.717, 1.165) is 30.2 Å². The fraction of sp³-hybridized carbons (Fsp3) is 0.385. The van der Waals surface area contributed by atoms with E-state index in [-0.39, 0.29) is 18.4 Å². The Labute approximate surface area is 204 Å². The van der Waals surface area contributed by atoms with E-state index in [0.29, 0.717) is 44.3 Å². The number of benzene rings is 1. The van der Waals surface area contributed by atoms with Crippen molar-refractivity contribution in [2.75, 3.05) is 45.9 Å². The quantitative estimate of drug-likeness (QED) is 0.442. The summed E-state index contributed by atoms with van der Waals surface area (Å²) < 4.78 is 11.2. The number of amides is 2. The molecule has 1 fully saturated rings. The van der Waals surface area contributed by atoms with Crippen LogP contribution in [0.4, 0.5) is 0 Å². The SMILES string of the molecule is Cc1ccc(CN(Cc2ccccc2)C(=O)CN(CCN2CCOCC2)C(=O)c2cccs2)o1. The minimum atomic E-state index is -0.107. The summed E-state index contributed by atoms with van der Waals surface area (Å²) >= 11 is 1.40. The molecule has 0 spiro atoms. The number of hydrogen-bond donors (Lipinski definition) is 0. The molecular formula is C26H31N3O4S. The fourth-order valence-electron chi connectivity index (χ4n) is 3.95. The number of thiophene rings is 1. The third kappa shape index (κ3) is 6.79. The van der Waals surface area contributed by atoms with Crippen molar-refractivity contribution in [1.29, 1.82) is 0 Å². The summed E-state index contributed by atoms with van der Waals surface area (Å²) in [5.74, 6) is 1.32. The van der Waals surface area contributed by atoms with Crippen molar-refractivity contribution in [3.8, 4) is 0 Å². The van der Waals surface area contributed by atoms with E-state index in [2.05, 4.69) is 4.90 Å². The monoisotopic (exact) mass is 481 g/mol. The molecule has 0 saturated carbocycles. The first-order chi connectivity index (χ1) is 16.6. The zero-order chi connectivity index (χ0) is 23.8. The smallest absolute Gasteiger partial charge is 0.264 e. The van der Waals surface area contributed by atoms with Crippen LogP contribution in [0.3, 0.4) is 0 Å². The van der Waals surface area contributed by atoms with Gasteiger partial charge in [-0.1, -0.05) is 36.4 Å². The third-order valence-corrected chi connectivity index (χ3v) is 6.70. The fourth-order valence-corrected chi connectivity index (χ4v) is 4.64. The molecule has 34 heavy (non-hydrogen) atoms. The topological polar surface area (TPSA) is 66.2 Å². The molecule has 2 amide bonds. The van der Waals surface area contributed by atoms with Crippen LogP contribution in [0.1, 0.15) is 26.8 Å². The molecule has 1 aliphatic heterocycles. The van der Waals surface area contributed by atoms with Crippen molar-refractivity contribution in [3.63, 3.8) is 0 Å². The maximum atomic E-state index is 13.6. The van der Waals surface area contributed by atoms with Gasteiger partial charge in [-0.2, -0.15) is 0 Å². The van der Waals surface area contributed by atoms with Crippen molar-refractivity contribution in [2.45, 2.75) is 20.0 Å². The lowest BCUT2D eigenvalue weighted by atomic mass is 10.2. The van der Waals surface area contributed by atoms with E-state index >= 15 is 0 Å². The Bertz CT molecular complexity index is 1050. The van der Waals surface area contributed by atoms with Crippen LogP contribution in [0, 0.1) is 6.92 Å². The second-order valence-electron chi connectivity index (χ2n) is 8.41. The van der Waals surface area contributed by atoms with Crippen molar-refractivity contribution >= 4 is 23.2 Å². The first-order valence-corrected chi connectivity index (χ1v) is 12.5. The molecule has 7 nitrogen and oxygen atoms in total. The first-order valence-electron chi connectivity index (χ1n) is 11.6. The number of morpholine rings is 1. The maximum absolute atomic E-state index is 13.6. The molecule has 1 aliphatic rings. The van der Waals surface area contributed by atoms with Gasteiger partial charge in [0.05, 0.1) is 24.6 Å². The lowest BCUT2D eigenvalue weighted by Crippen LogP contribution is -2.46. The maximum Gasteiger partial charge on any atom is 0.264 e. The van der Waals surface area contributed by atoms with Crippen molar-refractivity contribution in [1.82, 2.24) is 14.7 Å². The minimum Gasteiger partial charge on any atom is -0.464 e. The predicted molar refractivity (Wildman–Crippen MR) is 132 cm³/mol. The number of rotatable bonds is 10. The Morgan fingerprint density at radius 2 is 1.76 bits per heavy atom. The van der Waals surface area contributed by atoms with Crippen LogP contribution in [-0.4, -0.2) is 72.5 Å². The average Bonchev–Trinajstić information content (AvgIpc) is 3.54. The molecule has 8 heteroatoms. The molecule has 2 aromatic heterocycles. The molecule has 0 unspecified atom stereocenters. The Balaban J connectivity index is 1.49. The van der Waals surface area contributed by atoms with Crippen molar-refractivity contribution < 1.29 is 18.7 Å². The summed E-state index contributed by atoms with van der Waals surface area (Å²) in [5, 5.41) is 1.89. The number of hydrogen-bond acceptors (Lipinski definition) is 6. The zero-order valence-corrected chi connectivity index (χ0v) is 20.3. The molecular weight excluding hydrogens is 450 g/mol. The highest BCUT2D eigenvalue weighted by molar-refractivity contribution is 7.12. The Morgan fingerprint density at radius 3 is 2.44 bits per heavy atom. The number of furan rings is 1. The molecule has 0 aliphatic carbocycles. The molecule has 180 valence electrons. The first kappa shape index (κ1) is 24.2. The standard InChI is InChI=1S/C26H31N3O4S/c1-21-9-10-23(33-21)19-29(18-22-6-3-2-4-7-22)25(30)20-28(26(31)24-8-5-17-34-24)12-11-27-13-15-32-16-14-27/h2-10,17H,11-16,18-20H2,1H3. The zero-order valence-electron chi connectivity index (χ0n) is 19.5. The average molecular weight is 482 g/mol. The Hall–Kier alpha value is -2.94. The van der Waals surface area contributed by atoms with Gasteiger partial charge in [0.25, 0.3) is 5.91 Å². The van der Waals surface area contributed by atoms with Crippen molar-refractivity contribution in [2.24, 2.45) is 0 Å². The highest BCUT2D eigenvalue weighted by Gasteiger charge is 2.25. The number of ether oxygens (including phenoxy) is 1. The summed E-state index contributed by atoms with van der Waals surface area (Å²) in [6, 6.07) is 17.4.